The minimum atomic E-state index is -3.06. The molecule has 0 heterocycles. The molecule has 14 heavy (non-hydrogen) atoms. The molecule has 6 heteroatoms. The van der Waals surface area contributed by atoms with E-state index in [0.717, 1.165) is 12.1 Å². The number of hydrogen-bond acceptors (Lipinski definition) is 2. The molecule has 1 rings (SSSR count). The summed E-state index contributed by atoms with van der Waals surface area (Å²) in [5.41, 5.74) is -0.391. The van der Waals surface area contributed by atoms with Crippen molar-refractivity contribution in [3.05, 3.63) is 28.8 Å². The van der Waals surface area contributed by atoms with Crippen molar-refractivity contribution in [2.24, 2.45) is 0 Å². The normalized spacial score (nSPS) is 10.3. The van der Waals surface area contributed by atoms with Gasteiger partial charge in [-0.25, -0.2) is 4.79 Å². The van der Waals surface area contributed by atoms with Gasteiger partial charge >= 0.3 is 12.6 Å². The third-order valence-corrected chi connectivity index (χ3v) is 1.62. The molecular weight excluding hydrogens is 218 g/mol. The van der Waals surface area contributed by atoms with Crippen LogP contribution in [-0.2, 0) is 0 Å². The molecule has 0 saturated carbocycles. The van der Waals surface area contributed by atoms with Crippen LogP contribution in [0.5, 0.6) is 5.75 Å². The van der Waals surface area contributed by atoms with E-state index in [9.17, 15) is 13.6 Å². The minimum Gasteiger partial charge on any atom is -0.478 e. The lowest BCUT2D eigenvalue weighted by molar-refractivity contribution is -0.0503. The van der Waals surface area contributed by atoms with Crippen molar-refractivity contribution >= 4 is 17.6 Å². The van der Waals surface area contributed by atoms with Crippen LogP contribution in [0.1, 0.15) is 10.4 Å². The van der Waals surface area contributed by atoms with Crippen LogP contribution < -0.4 is 4.74 Å². The molecule has 1 N–H and O–H groups in total. The molecule has 0 aromatic heterocycles. The van der Waals surface area contributed by atoms with E-state index < -0.39 is 23.9 Å². The number of alkyl halides is 2. The third kappa shape index (κ3) is 2.56. The molecule has 0 aliphatic heterocycles. The summed E-state index contributed by atoms with van der Waals surface area (Å²) in [4.78, 5) is 10.6. The average molecular weight is 223 g/mol. The summed E-state index contributed by atoms with van der Waals surface area (Å²) in [7, 11) is 0. The van der Waals surface area contributed by atoms with Crippen LogP contribution in [0.25, 0.3) is 0 Å². The minimum absolute atomic E-state index is 0.143. The second-order valence-electron chi connectivity index (χ2n) is 2.32. The van der Waals surface area contributed by atoms with E-state index in [-0.39, 0.29) is 5.02 Å². The topological polar surface area (TPSA) is 46.5 Å². The summed E-state index contributed by atoms with van der Waals surface area (Å²) < 4.78 is 27.6. The molecule has 3 nitrogen and oxygen atoms in total. The van der Waals surface area contributed by atoms with Crippen molar-refractivity contribution in [2.75, 3.05) is 0 Å². The number of halogens is 3. The Labute approximate surface area is 82.9 Å². The third-order valence-electron chi connectivity index (χ3n) is 1.39. The van der Waals surface area contributed by atoms with Crippen LogP contribution >= 0.6 is 11.6 Å². The van der Waals surface area contributed by atoms with E-state index in [2.05, 4.69) is 4.74 Å². The first-order chi connectivity index (χ1) is 6.50. The van der Waals surface area contributed by atoms with Crippen molar-refractivity contribution in [1.29, 1.82) is 0 Å². The quantitative estimate of drug-likeness (QED) is 0.855. The maximum absolute atomic E-state index is 11.8. The summed E-state index contributed by atoms with van der Waals surface area (Å²) in [6.45, 7) is -3.06. The SMILES string of the molecule is O=C(O)c1cc(Cl)ccc1OC(F)F. The van der Waals surface area contributed by atoms with Crippen molar-refractivity contribution in [1.82, 2.24) is 0 Å². The first kappa shape index (κ1) is 10.7. The van der Waals surface area contributed by atoms with Crippen molar-refractivity contribution in [3.63, 3.8) is 0 Å². The fourth-order valence-corrected chi connectivity index (χ4v) is 1.04. The van der Waals surface area contributed by atoms with Gasteiger partial charge in [-0.15, -0.1) is 0 Å². The average Bonchev–Trinajstić information content (AvgIpc) is 2.07. The zero-order valence-electron chi connectivity index (χ0n) is 6.71. The molecule has 0 atom stereocenters. The highest BCUT2D eigenvalue weighted by Crippen LogP contribution is 2.24. The van der Waals surface area contributed by atoms with E-state index >= 15 is 0 Å². The number of rotatable bonds is 3. The Bertz CT molecular complexity index is 354. The molecule has 76 valence electrons. The van der Waals surface area contributed by atoms with Gasteiger partial charge in [0.05, 0.1) is 0 Å². The van der Waals surface area contributed by atoms with Gasteiger partial charge in [-0.05, 0) is 18.2 Å². The predicted octanol–water partition coefficient (Wildman–Crippen LogP) is 2.64. The number of ether oxygens (including phenoxy) is 1. The first-order valence-electron chi connectivity index (χ1n) is 3.48. The van der Waals surface area contributed by atoms with Crippen LogP contribution in [0.4, 0.5) is 8.78 Å². The summed E-state index contributed by atoms with van der Waals surface area (Å²) in [6, 6.07) is 3.39. The molecule has 1 aromatic rings. The number of benzene rings is 1. The van der Waals surface area contributed by atoms with Gasteiger partial charge in [-0.1, -0.05) is 11.6 Å². The van der Waals surface area contributed by atoms with Gasteiger partial charge < -0.3 is 9.84 Å². The summed E-state index contributed by atoms with van der Waals surface area (Å²) in [5, 5.41) is 8.76. The molecule has 0 unspecified atom stereocenters. The van der Waals surface area contributed by atoms with Gasteiger partial charge in [0.1, 0.15) is 11.3 Å². The Balaban J connectivity index is 3.08. The lowest BCUT2D eigenvalue weighted by Gasteiger charge is -2.07. The molecule has 0 amide bonds. The second kappa shape index (κ2) is 4.23. The van der Waals surface area contributed by atoms with Gasteiger partial charge in [0.15, 0.2) is 0 Å². The maximum Gasteiger partial charge on any atom is 0.387 e. The van der Waals surface area contributed by atoms with Gasteiger partial charge in [-0.2, -0.15) is 8.78 Å². The Morgan fingerprint density at radius 2 is 2.14 bits per heavy atom. The Kier molecular flexibility index (Phi) is 3.24. The molecular formula is C8H5ClF2O3. The largest absolute Gasteiger partial charge is 0.478 e. The van der Waals surface area contributed by atoms with Crippen LogP contribution in [-0.4, -0.2) is 17.7 Å². The second-order valence-corrected chi connectivity index (χ2v) is 2.76. The summed E-state index contributed by atoms with van der Waals surface area (Å²) >= 11 is 5.49. The van der Waals surface area contributed by atoms with Crippen LogP contribution in [0, 0.1) is 0 Å². The number of carboxylic acid groups (broad SMARTS) is 1. The molecule has 0 spiro atoms. The molecule has 0 aliphatic carbocycles. The van der Waals surface area contributed by atoms with Gasteiger partial charge in [-0.3, -0.25) is 0 Å². The lowest BCUT2D eigenvalue weighted by Crippen LogP contribution is -2.07. The Morgan fingerprint density at radius 1 is 1.50 bits per heavy atom. The van der Waals surface area contributed by atoms with E-state index in [1.807, 2.05) is 0 Å². The fraction of sp³-hybridized carbons (Fsp3) is 0.125. The summed E-state index contributed by atoms with van der Waals surface area (Å²) in [5.74, 6) is -1.78. The standard InChI is InChI=1S/C8H5ClF2O3/c9-4-1-2-6(14-8(10)11)5(3-4)7(12)13/h1-3,8H,(H,12,13). The first-order valence-corrected chi connectivity index (χ1v) is 3.86. The van der Waals surface area contributed by atoms with Crippen molar-refractivity contribution < 1.29 is 23.4 Å². The molecule has 0 bridgehead atoms. The number of carboxylic acids is 1. The highest BCUT2D eigenvalue weighted by molar-refractivity contribution is 6.31. The van der Waals surface area contributed by atoms with Crippen molar-refractivity contribution in [2.45, 2.75) is 6.61 Å². The van der Waals surface area contributed by atoms with E-state index in [4.69, 9.17) is 16.7 Å². The maximum atomic E-state index is 11.8. The van der Waals surface area contributed by atoms with Gasteiger partial charge in [0.25, 0.3) is 0 Å². The van der Waals surface area contributed by atoms with Crippen LogP contribution in [0.3, 0.4) is 0 Å². The number of aromatic carboxylic acids is 1. The number of carbonyl (C=O) groups is 1. The lowest BCUT2D eigenvalue weighted by atomic mass is 10.2. The summed E-state index contributed by atoms with van der Waals surface area (Å²) in [6.07, 6.45) is 0. The molecule has 0 radical (unpaired) electrons. The predicted molar refractivity (Wildman–Crippen MR) is 45.0 cm³/mol. The van der Waals surface area contributed by atoms with Gasteiger partial charge in [0, 0.05) is 5.02 Å². The van der Waals surface area contributed by atoms with E-state index in [0.29, 0.717) is 0 Å². The van der Waals surface area contributed by atoms with Crippen LogP contribution in [0.15, 0.2) is 18.2 Å². The molecule has 0 fully saturated rings. The Morgan fingerprint density at radius 3 is 2.64 bits per heavy atom. The van der Waals surface area contributed by atoms with Gasteiger partial charge in [0.2, 0.25) is 0 Å². The molecule has 1 aromatic carbocycles. The smallest absolute Gasteiger partial charge is 0.387 e. The van der Waals surface area contributed by atoms with Crippen LogP contribution in [0.2, 0.25) is 5.02 Å². The van der Waals surface area contributed by atoms with E-state index in [1.54, 1.807) is 0 Å². The molecule has 0 saturated heterocycles. The monoisotopic (exact) mass is 222 g/mol. The fourth-order valence-electron chi connectivity index (χ4n) is 0.868. The van der Waals surface area contributed by atoms with E-state index in [1.165, 1.54) is 6.07 Å². The number of hydrogen-bond donors (Lipinski definition) is 1. The zero-order valence-corrected chi connectivity index (χ0v) is 7.46. The highest BCUT2D eigenvalue weighted by Gasteiger charge is 2.15. The van der Waals surface area contributed by atoms with Crippen molar-refractivity contribution in [3.8, 4) is 5.75 Å². The molecule has 0 aliphatic rings. The Hall–Kier alpha value is -1.36. The zero-order chi connectivity index (χ0) is 10.7. The highest BCUT2D eigenvalue weighted by atomic mass is 35.5.